The first-order chi connectivity index (χ1) is 24.3. The first-order valence-electron chi connectivity index (χ1n) is 16.1. The Morgan fingerprint density at radius 3 is 1.51 bits per heavy atom. The van der Waals surface area contributed by atoms with E-state index in [1.165, 1.54) is 0 Å². The lowest BCUT2D eigenvalue weighted by atomic mass is 9.94. The van der Waals surface area contributed by atoms with Crippen LogP contribution in [-0.4, -0.2) is 24.9 Å². The highest BCUT2D eigenvalue weighted by molar-refractivity contribution is 7.21. The Labute approximate surface area is 287 Å². The summed E-state index contributed by atoms with van der Waals surface area (Å²) in [5, 5.41) is 2.08. The average Bonchev–Trinajstić information content (AvgIpc) is 3.63. The van der Waals surface area contributed by atoms with E-state index >= 15 is 0 Å². The van der Waals surface area contributed by atoms with Gasteiger partial charge in [0.2, 0.25) is 0 Å². The average molecular weight is 646 g/mol. The lowest BCUT2D eigenvalue weighted by Gasteiger charge is -2.13. The van der Waals surface area contributed by atoms with Crippen LogP contribution in [0.1, 0.15) is 0 Å². The van der Waals surface area contributed by atoms with Gasteiger partial charge < -0.3 is 0 Å². The third-order valence-electron chi connectivity index (χ3n) is 8.59. The first-order valence-corrected chi connectivity index (χ1v) is 16.9. The number of benzene rings is 6. The van der Waals surface area contributed by atoms with E-state index in [2.05, 4.69) is 84.9 Å². The van der Waals surface area contributed by atoms with Crippen LogP contribution < -0.4 is 0 Å². The molecule has 9 aromatic rings. The number of thiazole rings is 1. The number of rotatable bonds is 6. The van der Waals surface area contributed by atoms with Crippen molar-refractivity contribution in [2.75, 3.05) is 0 Å². The van der Waals surface area contributed by atoms with Crippen LogP contribution in [0.4, 0.5) is 0 Å². The molecule has 3 heterocycles. The molecule has 0 saturated carbocycles. The molecule has 9 rings (SSSR count). The minimum Gasteiger partial charge on any atom is -0.256 e. The van der Waals surface area contributed by atoms with Gasteiger partial charge in [0, 0.05) is 45.0 Å². The van der Waals surface area contributed by atoms with Gasteiger partial charge in [0.25, 0.3) is 0 Å². The van der Waals surface area contributed by atoms with Crippen LogP contribution in [0.25, 0.3) is 88.1 Å². The third-order valence-corrected chi connectivity index (χ3v) is 9.65. The second kappa shape index (κ2) is 12.3. The summed E-state index contributed by atoms with van der Waals surface area (Å²) >= 11 is 1.71. The molecule has 0 bridgehead atoms. The molecule has 0 N–H and O–H groups in total. The van der Waals surface area contributed by atoms with Gasteiger partial charge in [-0.05, 0) is 41.5 Å². The van der Waals surface area contributed by atoms with Crippen LogP contribution in [0, 0.1) is 0 Å². The Morgan fingerprint density at radius 2 is 0.878 bits per heavy atom. The number of fused-ring (bicyclic) bond motifs is 2. The monoisotopic (exact) mass is 645 g/mol. The van der Waals surface area contributed by atoms with Crippen molar-refractivity contribution >= 4 is 32.5 Å². The lowest BCUT2D eigenvalue weighted by Crippen LogP contribution is -2.00. The van der Waals surface area contributed by atoms with Gasteiger partial charge in [-0.15, -0.1) is 11.3 Å². The summed E-state index contributed by atoms with van der Waals surface area (Å²) in [7, 11) is 0. The topological polar surface area (TPSA) is 64.5 Å². The summed E-state index contributed by atoms with van der Waals surface area (Å²) in [6.07, 6.45) is 1.85. The molecule has 6 heteroatoms. The number of hydrogen-bond acceptors (Lipinski definition) is 6. The molecule has 0 spiro atoms. The smallest absolute Gasteiger partial charge is 0.164 e. The van der Waals surface area contributed by atoms with E-state index in [9.17, 15) is 0 Å². The summed E-state index contributed by atoms with van der Waals surface area (Å²) in [4.78, 5) is 25.1. The molecule has 0 radical (unpaired) electrons. The molecule has 6 aromatic carbocycles. The van der Waals surface area contributed by atoms with Crippen molar-refractivity contribution in [3.63, 3.8) is 0 Å². The molecule has 0 saturated heterocycles. The molecule has 0 aliphatic heterocycles. The summed E-state index contributed by atoms with van der Waals surface area (Å²) in [5.74, 6) is 1.84. The maximum atomic E-state index is 5.19. The van der Waals surface area contributed by atoms with Gasteiger partial charge in [0.1, 0.15) is 5.01 Å². The molecular formula is C43H27N5S. The zero-order valence-corrected chi connectivity index (χ0v) is 27.0. The van der Waals surface area contributed by atoms with E-state index in [4.69, 9.17) is 24.9 Å². The standard InChI is InChI=1S/C43H27N5S/c1-4-13-29(14-5-1)40-46-41(30-15-6-2-7-16-30)48-42(47-40)34-26-32(35-21-10-19-28-20-12-24-44-38(28)35)25-33(27-34)36-22-11-23-37-39(36)45-43(49-37)31-17-8-3-9-18-31/h1-27H. The molecule has 0 unspecified atom stereocenters. The molecule has 0 aliphatic rings. The second-order valence-electron chi connectivity index (χ2n) is 11.8. The van der Waals surface area contributed by atoms with Crippen LogP contribution >= 0.6 is 11.3 Å². The molecule has 0 atom stereocenters. The Kier molecular flexibility index (Phi) is 7.26. The fourth-order valence-corrected chi connectivity index (χ4v) is 7.23. The summed E-state index contributed by atoms with van der Waals surface area (Å²) in [5.41, 5.74) is 9.90. The molecule has 230 valence electrons. The second-order valence-corrected chi connectivity index (χ2v) is 12.8. The van der Waals surface area contributed by atoms with Crippen LogP contribution in [0.15, 0.2) is 164 Å². The van der Waals surface area contributed by atoms with Gasteiger partial charge in [-0.2, -0.15) is 0 Å². The van der Waals surface area contributed by atoms with Gasteiger partial charge in [-0.25, -0.2) is 19.9 Å². The maximum absolute atomic E-state index is 5.19. The van der Waals surface area contributed by atoms with Gasteiger partial charge >= 0.3 is 0 Å². The van der Waals surface area contributed by atoms with Crippen LogP contribution in [-0.2, 0) is 0 Å². The van der Waals surface area contributed by atoms with Crippen molar-refractivity contribution in [2.24, 2.45) is 0 Å². The van der Waals surface area contributed by atoms with Crippen molar-refractivity contribution in [1.82, 2.24) is 24.9 Å². The quantitative estimate of drug-likeness (QED) is 0.180. The van der Waals surface area contributed by atoms with E-state index in [-0.39, 0.29) is 0 Å². The molecule has 0 aliphatic carbocycles. The molecular weight excluding hydrogens is 619 g/mol. The van der Waals surface area contributed by atoms with Gasteiger partial charge in [-0.1, -0.05) is 127 Å². The fourth-order valence-electron chi connectivity index (χ4n) is 6.23. The minimum absolute atomic E-state index is 0.597. The van der Waals surface area contributed by atoms with Gasteiger partial charge in [-0.3, -0.25) is 4.98 Å². The Morgan fingerprint density at radius 1 is 0.367 bits per heavy atom. The van der Waals surface area contributed by atoms with Gasteiger partial charge in [0.15, 0.2) is 17.5 Å². The van der Waals surface area contributed by atoms with E-state index in [1.54, 1.807) is 11.3 Å². The SMILES string of the molecule is c1ccc(-c2nc(-c3ccccc3)nc(-c3cc(-c4cccc5cccnc45)cc(-c4cccc5sc(-c6ccccc6)nc45)c3)n2)cc1. The zero-order chi connectivity index (χ0) is 32.6. The van der Waals surface area contributed by atoms with Crippen LogP contribution in [0.2, 0.25) is 0 Å². The summed E-state index contributed by atoms with van der Waals surface area (Å²) < 4.78 is 1.13. The van der Waals surface area contributed by atoms with Crippen LogP contribution in [0.3, 0.4) is 0 Å². The van der Waals surface area contributed by atoms with Crippen molar-refractivity contribution in [2.45, 2.75) is 0 Å². The van der Waals surface area contributed by atoms with E-state index in [0.717, 1.165) is 70.6 Å². The molecule has 49 heavy (non-hydrogen) atoms. The lowest BCUT2D eigenvalue weighted by molar-refractivity contribution is 1.07. The molecule has 0 amide bonds. The largest absolute Gasteiger partial charge is 0.256 e. The van der Waals surface area contributed by atoms with E-state index < -0.39 is 0 Å². The Hall–Kier alpha value is -6.37. The highest BCUT2D eigenvalue weighted by atomic mass is 32.1. The molecule has 5 nitrogen and oxygen atoms in total. The van der Waals surface area contributed by atoms with E-state index in [0.29, 0.717) is 17.5 Å². The molecule has 3 aromatic heterocycles. The predicted octanol–water partition coefficient (Wildman–Crippen LogP) is 11.0. The first kappa shape index (κ1) is 28.8. The summed E-state index contributed by atoms with van der Waals surface area (Å²) in [6.45, 7) is 0. The Balaban J connectivity index is 1.30. The highest BCUT2D eigenvalue weighted by Gasteiger charge is 2.18. The van der Waals surface area contributed by atoms with Crippen LogP contribution in [0.5, 0.6) is 0 Å². The number of aromatic nitrogens is 5. The maximum Gasteiger partial charge on any atom is 0.164 e. The third kappa shape index (κ3) is 5.54. The normalized spacial score (nSPS) is 11.3. The number of pyridine rings is 1. The number of nitrogens with zero attached hydrogens (tertiary/aromatic N) is 5. The van der Waals surface area contributed by atoms with Crippen molar-refractivity contribution < 1.29 is 0 Å². The highest BCUT2D eigenvalue weighted by Crippen LogP contribution is 2.40. The fraction of sp³-hybridized carbons (Fsp3) is 0. The molecule has 0 fully saturated rings. The Bertz CT molecular complexity index is 2540. The van der Waals surface area contributed by atoms with Crippen molar-refractivity contribution in [3.8, 4) is 67.0 Å². The summed E-state index contributed by atoms with van der Waals surface area (Å²) in [6, 6.07) is 53.9. The van der Waals surface area contributed by atoms with Gasteiger partial charge in [0.05, 0.1) is 15.7 Å². The van der Waals surface area contributed by atoms with Crippen molar-refractivity contribution in [3.05, 3.63) is 164 Å². The number of para-hydroxylation sites is 2. The minimum atomic E-state index is 0.597. The predicted molar refractivity (Wildman–Crippen MR) is 201 cm³/mol. The zero-order valence-electron chi connectivity index (χ0n) is 26.2. The van der Waals surface area contributed by atoms with Crippen molar-refractivity contribution in [1.29, 1.82) is 0 Å². The number of hydrogen-bond donors (Lipinski definition) is 0. The van der Waals surface area contributed by atoms with E-state index in [1.807, 2.05) is 79.0 Å².